The standard InChI is InChI=1S/C26H19N3O4/c1-2-8-22(30)33-26-19-12-4-3-11-18(19)24-25(28-21-14-6-5-13-20(21)27-24)23(26)16-9-7-10-17(15-16)29(31)32/h3-7,9-15H,2,8H2,1H3. The summed E-state index contributed by atoms with van der Waals surface area (Å²) in [5.41, 5.74) is 3.55. The fraction of sp³-hybridized carbons (Fsp3) is 0.115. The third kappa shape index (κ3) is 3.63. The van der Waals surface area contributed by atoms with Crippen LogP contribution in [-0.4, -0.2) is 20.9 Å². The van der Waals surface area contributed by atoms with Gasteiger partial charge < -0.3 is 4.74 Å². The number of carbonyl (C=O) groups is 1. The van der Waals surface area contributed by atoms with Gasteiger partial charge in [-0.3, -0.25) is 14.9 Å². The van der Waals surface area contributed by atoms with E-state index < -0.39 is 4.92 Å². The Morgan fingerprint density at radius 1 is 0.909 bits per heavy atom. The highest BCUT2D eigenvalue weighted by Crippen LogP contribution is 2.44. The van der Waals surface area contributed by atoms with Crippen LogP contribution in [0.2, 0.25) is 0 Å². The highest BCUT2D eigenvalue weighted by molar-refractivity contribution is 6.16. The number of nitro benzene ring substituents is 1. The molecule has 5 aromatic rings. The van der Waals surface area contributed by atoms with E-state index in [0.717, 1.165) is 10.9 Å². The molecule has 0 radical (unpaired) electrons. The van der Waals surface area contributed by atoms with Crippen LogP contribution >= 0.6 is 0 Å². The molecule has 1 heterocycles. The number of nitrogens with zero attached hydrogens (tertiary/aromatic N) is 3. The van der Waals surface area contributed by atoms with Gasteiger partial charge in [0.1, 0.15) is 11.3 Å². The Labute approximate surface area is 188 Å². The maximum absolute atomic E-state index is 12.6. The summed E-state index contributed by atoms with van der Waals surface area (Å²) in [7, 11) is 0. The number of hydrogen-bond acceptors (Lipinski definition) is 6. The Morgan fingerprint density at radius 2 is 1.58 bits per heavy atom. The SMILES string of the molecule is CCCC(=O)Oc1c(-c2cccc([N+](=O)[O-])c2)c2nc3ccccc3nc2c2ccccc12. The van der Waals surface area contributed by atoms with Gasteiger partial charge in [-0.2, -0.15) is 0 Å². The lowest BCUT2D eigenvalue weighted by molar-refractivity contribution is -0.384. The van der Waals surface area contributed by atoms with E-state index in [9.17, 15) is 14.9 Å². The fourth-order valence-corrected chi connectivity index (χ4v) is 4.01. The topological polar surface area (TPSA) is 95.2 Å². The summed E-state index contributed by atoms with van der Waals surface area (Å²) in [6.07, 6.45) is 0.894. The number of esters is 1. The van der Waals surface area contributed by atoms with Crippen LogP contribution in [-0.2, 0) is 4.79 Å². The van der Waals surface area contributed by atoms with Crippen molar-refractivity contribution in [1.29, 1.82) is 0 Å². The number of aromatic nitrogens is 2. The van der Waals surface area contributed by atoms with Crippen LogP contribution < -0.4 is 4.74 Å². The Morgan fingerprint density at radius 3 is 2.27 bits per heavy atom. The van der Waals surface area contributed by atoms with Crippen LogP contribution in [0.5, 0.6) is 5.75 Å². The lowest BCUT2D eigenvalue weighted by Gasteiger charge is -2.17. The van der Waals surface area contributed by atoms with Crippen molar-refractivity contribution in [2.75, 3.05) is 0 Å². The first-order valence-electron chi connectivity index (χ1n) is 10.6. The molecular weight excluding hydrogens is 418 g/mol. The van der Waals surface area contributed by atoms with Crippen molar-refractivity contribution in [3.8, 4) is 16.9 Å². The zero-order valence-corrected chi connectivity index (χ0v) is 17.8. The molecule has 4 aromatic carbocycles. The normalized spacial score (nSPS) is 11.2. The van der Waals surface area contributed by atoms with E-state index >= 15 is 0 Å². The number of non-ortho nitro benzene ring substituents is 1. The zero-order chi connectivity index (χ0) is 22.9. The van der Waals surface area contributed by atoms with Crippen molar-refractivity contribution < 1.29 is 14.5 Å². The molecule has 0 saturated carbocycles. The molecule has 7 heteroatoms. The molecule has 0 amide bonds. The Balaban J connectivity index is 1.95. The molecule has 0 fully saturated rings. The minimum absolute atomic E-state index is 0.0617. The van der Waals surface area contributed by atoms with Crippen LogP contribution in [0.1, 0.15) is 19.8 Å². The van der Waals surface area contributed by atoms with Gasteiger partial charge in [-0.1, -0.05) is 55.5 Å². The predicted octanol–water partition coefficient (Wildman–Crippen LogP) is 6.22. The molecule has 0 spiro atoms. The fourth-order valence-electron chi connectivity index (χ4n) is 4.01. The van der Waals surface area contributed by atoms with E-state index in [0.29, 0.717) is 45.2 Å². The van der Waals surface area contributed by atoms with Gasteiger partial charge in [0.2, 0.25) is 0 Å². The molecule has 0 N–H and O–H groups in total. The molecule has 162 valence electrons. The maximum Gasteiger partial charge on any atom is 0.311 e. The van der Waals surface area contributed by atoms with Gasteiger partial charge in [-0.25, -0.2) is 9.97 Å². The molecule has 0 aliphatic heterocycles. The molecule has 0 unspecified atom stereocenters. The summed E-state index contributed by atoms with van der Waals surface area (Å²) in [5, 5.41) is 13.0. The summed E-state index contributed by atoms with van der Waals surface area (Å²) in [5.74, 6) is -0.0379. The van der Waals surface area contributed by atoms with Crippen LogP contribution in [0.25, 0.3) is 44.0 Å². The number of para-hydroxylation sites is 2. The second-order valence-corrected chi connectivity index (χ2v) is 7.69. The highest BCUT2D eigenvalue weighted by atomic mass is 16.6. The largest absolute Gasteiger partial charge is 0.425 e. The molecular formula is C26H19N3O4. The third-order valence-corrected chi connectivity index (χ3v) is 5.48. The molecule has 0 atom stereocenters. The minimum Gasteiger partial charge on any atom is -0.425 e. The van der Waals surface area contributed by atoms with Crippen molar-refractivity contribution in [2.24, 2.45) is 0 Å². The lowest BCUT2D eigenvalue weighted by atomic mass is 9.96. The van der Waals surface area contributed by atoms with Gasteiger partial charge in [0.25, 0.3) is 5.69 Å². The average Bonchev–Trinajstić information content (AvgIpc) is 2.83. The maximum atomic E-state index is 12.6. The van der Waals surface area contributed by atoms with E-state index in [2.05, 4.69) is 0 Å². The van der Waals surface area contributed by atoms with Crippen molar-refractivity contribution in [3.63, 3.8) is 0 Å². The van der Waals surface area contributed by atoms with Crippen molar-refractivity contribution >= 4 is 44.5 Å². The first kappa shape index (κ1) is 20.5. The molecule has 0 aliphatic carbocycles. The van der Waals surface area contributed by atoms with Gasteiger partial charge in [0.15, 0.2) is 0 Å². The van der Waals surface area contributed by atoms with Gasteiger partial charge in [-0.05, 0) is 24.1 Å². The zero-order valence-electron chi connectivity index (χ0n) is 17.8. The summed E-state index contributed by atoms with van der Waals surface area (Å²) in [6.45, 7) is 1.90. The molecule has 0 aliphatic rings. The van der Waals surface area contributed by atoms with Crippen LogP contribution in [0, 0.1) is 10.1 Å². The summed E-state index contributed by atoms with van der Waals surface area (Å²) in [4.78, 5) is 33.4. The second kappa shape index (κ2) is 8.27. The lowest BCUT2D eigenvalue weighted by Crippen LogP contribution is -2.09. The third-order valence-electron chi connectivity index (χ3n) is 5.48. The average molecular weight is 437 g/mol. The quantitative estimate of drug-likeness (QED) is 0.0809. The Kier molecular flexibility index (Phi) is 5.14. The summed E-state index contributed by atoms with van der Waals surface area (Å²) >= 11 is 0. The number of carbonyl (C=O) groups excluding carboxylic acids is 1. The number of rotatable bonds is 5. The van der Waals surface area contributed by atoms with Crippen molar-refractivity contribution in [1.82, 2.24) is 9.97 Å². The summed E-state index contributed by atoms with van der Waals surface area (Å²) < 4.78 is 5.90. The Bertz CT molecular complexity index is 1560. The second-order valence-electron chi connectivity index (χ2n) is 7.69. The van der Waals surface area contributed by atoms with Crippen molar-refractivity contribution in [2.45, 2.75) is 19.8 Å². The number of benzene rings is 4. The molecule has 0 saturated heterocycles. The van der Waals surface area contributed by atoms with E-state index in [4.69, 9.17) is 14.7 Å². The first-order chi connectivity index (χ1) is 16.1. The molecule has 33 heavy (non-hydrogen) atoms. The molecule has 7 nitrogen and oxygen atoms in total. The van der Waals surface area contributed by atoms with Crippen LogP contribution in [0.3, 0.4) is 0 Å². The first-order valence-corrected chi connectivity index (χ1v) is 10.6. The van der Waals surface area contributed by atoms with Gasteiger partial charge in [0, 0.05) is 29.3 Å². The number of fused-ring (bicyclic) bond motifs is 4. The van der Waals surface area contributed by atoms with Gasteiger partial charge in [-0.15, -0.1) is 0 Å². The monoisotopic (exact) mass is 437 g/mol. The number of nitro groups is 1. The number of hydrogen-bond donors (Lipinski definition) is 0. The molecule has 1 aromatic heterocycles. The molecule has 5 rings (SSSR count). The number of ether oxygens (including phenoxy) is 1. The highest BCUT2D eigenvalue weighted by Gasteiger charge is 2.23. The van der Waals surface area contributed by atoms with E-state index in [1.54, 1.807) is 12.1 Å². The predicted molar refractivity (Wildman–Crippen MR) is 127 cm³/mol. The van der Waals surface area contributed by atoms with Crippen molar-refractivity contribution in [3.05, 3.63) is 82.9 Å². The minimum atomic E-state index is -0.448. The van der Waals surface area contributed by atoms with E-state index in [-0.39, 0.29) is 18.1 Å². The Hall–Kier alpha value is -4.39. The smallest absolute Gasteiger partial charge is 0.311 e. The van der Waals surface area contributed by atoms with Crippen LogP contribution in [0.15, 0.2) is 72.8 Å². The summed E-state index contributed by atoms with van der Waals surface area (Å²) in [6, 6.07) is 21.3. The van der Waals surface area contributed by atoms with Crippen LogP contribution in [0.4, 0.5) is 5.69 Å². The van der Waals surface area contributed by atoms with E-state index in [1.165, 1.54) is 12.1 Å². The van der Waals surface area contributed by atoms with Gasteiger partial charge in [0.05, 0.1) is 27.0 Å². The van der Waals surface area contributed by atoms with Gasteiger partial charge >= 0.3 is 5.97 Å². The molecule has 0 bridgehead atoms. The van der Waals surface area contributed by atoms with E-state index in [1.807, 2.05) is 55.5 Å².